The first-order chi connectivity index (χ1) is 12.9. The lowest BCUT2D eigenvalue weighted by atomic mass is 9.93. The van der Waals surface area contributed by atoms with Gasteiger partial charge < -0.3 is 0 Å². The molecule has 0 N–H and O–H groups in total. The first kappa shape index (κ1) is 17.5. The van der Waals surface area contributed by atoms with Crippen molar-refractivity contribution in [2.45, 2.75) is 27.7 Å². The number of benzene rings is 4. The van der Waals surface area contributed by atoms with Crippen LogP contribution in [0, 0.1) is 33.5 Å². The molecule has 4 rings (SSSR count). The van der Waals surface area contributed by atoms with Crippen molar-refractivity contribution < 1.29 is 4.39 Å². The molecule has 0 atom stereocenters. The van der Waals surface area contributed by atoms with Gasteiger partial charge in [-0.1, -0.05) is 60.2 Å². The van der Waals surface area contributed by atoms with Gasteiger partial charge >= 0.3 is 0 Å². The number of halogens is 1. The van der Waals surface area contributed by atoms with Crippen molar-refractivity contribution in [3.8, 4) is 22.3 Å². The summed E-state index contributed by atoms with van der Waals surface area (Å²) in [5, 5.41) is 2.07. The second-order valence-electron chi connectivity index (χ2n) is 7.46. The van der Waals surface area contributed by atoms with Crippen molar-refractivity contribution in [1.82, 2.24) is 0 Å². The zero-order valence-electron chi connectivity index (χ0n) is 16.2. The van der Waals surface area contributed by atoms with E-state index in [9.17, 15) is 4.39 Å². The van der Waals surface area contributed by atoms with Crippen LogP contribution in [0.25, 0.3) is 33.0 Å². The molecule has 0 saturated heterocycles. The van der Waals surface area contributed by atoms with Crippen LogP contribution in [0.2, 0.25) is 0 Å². The van der Waals surface area contributed by atoms with Crippen molar-refractivity contribution in [1.29, 1.82) is 0 Å². The molecule has 0 unspecified atom stereocenters. The van der Waals surface area contributed by atoms with E-state index in [0.717, 1.165) is 16.3 Å². The molecule has 0 saturated carbocycles. The fourth-order valence-corrected chi connectivity index (χ4v) is 3.81. The number of aryl methyl sites for hydroxylation is 4. The summed E-state index contributed by atoms with van der Waals surface area (Å²) in [6.45, 7) is 7.94. The number of rotatable bonds is 2. The molecule has 0 aliphatic heterocycles. The smallest absolute Gasteiger partial charge is 0.129 e. The van der Waals surface area contributed by atoms with E-state index in [0.29, 0.717) is 5.56 Å². The SMILES string of the molecule is Cc1ccc(-c2ccc(-c3ccc4c(C)c(F)c(C)cc4c3)c(C)c2)cc1. The second-order valence-corrected chi connectivity index (χ2v) is 7.46. The summed E-state index contributed by atoms with van der Waals surface area (Å²) in [7, 11) is 0. The quantitative estimate of drug-likeness (QED) is 0.349. The van der Waals surface area contributed by atoms with Gasteiger partial charge in [-0.2, -0.15) is 0 Å². The van der Waals surface area contributed by atoms with Gasteiger partial charge in [0.05, 0.1) is 0 Å². The van der Waals surface area contributed by atoms with Gasteiger partial charge in [0, 0.05) is 0 Å². The molecule has 0 bridgehead atoms. The van der Waals surface area contributed by atoms with Crippen LogP contribution < -0.4 is 0 Å². The van der Waals surface area contributed by atoms with E-state index in [1.165, 1.54) is 33.4 Å². The molecule has 0 amide bonds. The van der Waals surface area contributed by atoms with Crippen LogP contribution in [0.1, 0.15) is 22.3 Å². The first-order valence-electron chi connectivity index (χ1n) is 9.31. The van der Waals surface area contributed by atoms with Gasteiger partial charge in [-0.15, -0.1) is 0 Å². The van der Waals surface area contributed by atoms with Crippen molar-refractivity contribution >= 4 is 10.8 Å². The Bertz CT molecular complexity index is 1150. The predicted octanol–water partition coefficient (Wildman–Crippen LogP) is 7.55. The predicted molar refractivity (Wildman–Crippen MR) is 114 cm³/mol. The highest BCUT2D eigenvalue weighted by atomic mass is 19.1. The van der Waals surface area contributed by atoms with Crippen LogP contribution in [-0.2, 0) is 0 Å². The zero-order chi connectivity index (χ0) is 19.1. The minimum atomic E-state index is -0.103. The summed E-state index contributed by atoms with van der Waals surface area (Å²) in [5.41, 5.74) is 8.77. The normalized spacial score (nSPS) is 11.1. The van der Waals surface area contributed by atoms with E-state index in [-0.39, 0.29) is 5.82 Å². The van der Waals surface area contributed by atoms with Gasteiger partial charge in [0.15, 0.2) is 0 Å². The molecule has 0 nitrogen and oxygen atoms in total. The van der Waals surface area contributed by atoms with Crippen LogP contribution in [0.5, 0.6) is 0 Å². The molecule has 0 aromatic heterocycles. The molecule has 0 spiro atoms. The van der Waals surface area contributed by atoms with E-state index in [4.69, 9.17) is 0 Å². The van der Waals surface area contributed by atoms with Crippen LogP contribution in [0.3, 0.4) is 0 Å². The summed E-state index contributed by atoms with van der Waals surface area (Å²) in [6.07, 6.45) is 0. The van der Waals surface area contributed by atoms with Crippen molar-refractivity contribution in [2.75, 3.05) is 0 Å². The maximum atomic E-state index is 14.2. The van der Waals surface area contributed by atoms with E-state index in [2.05, 4.69) is 68.4 Å². The summed E-state index contributed by atoms with van der Waals surface area (Å²) in [5.74, 6) is -0.103. The summed E-state index contributed by atoms with van der Waals surface area (Å²) >= 11 is 0. The Morgan fingerprint density at radius 3 is 1.96 bits per heavy atom. The van der Waals surface area contributed by atoms with Gasteiger partial charge in [0.1, 0.15) is 5.82 Å². The van der Waals surface area contributed by atoms with E-state index in [1.54, 1.807) is 0 Å². The Hall–Kier alpha value is -2.93. The van der Waals surface area contributed by atoms with Crippen LogP contribution >= 0.6 is 0 Å². The lowest BCUT2D eigenvalue weighted by Crippen LogP contribution is -1.91. The van der Waals surface area contributed by atoms with E-state index >= 15 is 0 Å². The molecule has 0 fully saturated rings. The molecule has 1 heteroatoms. The van der Waals surface area contributed by atoms with Gasteiger partial charge in [0.2, 0.25) is 0 Å². The number of fused-ring (bicyclic) bond motifs is 1. The molecule has 27 heavy (non-hydrogen) atoms. The van der Waals surface area contributed by atoms with Crippen LogP contribution in [0.4, 0.5) is 4.39 Å². The van der Waals surface area contributed by atoms with Crippen molar-refractivity contribution in [2.24, 2.45) is 0 Å². The van der Waals surface area contributed by atoms with E-state index < -0.39 is 0 Å². The molecular formula is C26H23F. The van der Waals surface area contributed by atoms with Gasteiger partial charge in [-0.3, -0.25) is 0 Å². The average molecular weight is 354 g/mol. The molecule has 0 aliphatic carbocycles. The summed E-state index contributed by atoms with van der Waals surface area (Å²) in [6, 6.07) is 23.5. The Labute approximate surface area is 160 Å². The lowest BCUT2D eigenvalue weighted by Gasteiger charge is -2.12. The monoisotopic (exact) mass is 354 g/mol. The van der Waals surface area contributed by atoms with Crippen molar-refractivity contribution in [3.63, 3.8) is 0 Å². The topological polar surface area (TPSA) is 0 Å². The molecule has 0 aliphatic rings. The molecule has 0 radical (unpaired) electrons. The standard InChI is InChI=1S/C26H23F/c1-16-5-7-20(8-6-16)21-9-11-24(17(2)13-21)22-10-12-25-19(4)26(27)18(3)14-23(25)15-22/h5-15H,1-4H3. The highest BCUT2D eigenvalue weighted by molar-refractivity contribution is 5.91. The summed E-state index contributed by atoms with van der Waals surface area (Å²) in [4.78, 5) is 0. The highest BCUT2D eigenvalue weighted by Gasteiger charge is 2.10. The Kier molecular flexibility index (Phi) is 4.31. The molecule has 4 aromatic rings. The third kappa shape index (κ3) is 3.14. The maximum Gasteiger partial charge on any atom is 0.129 e. The third-order valence-electron chi connectivity index (χ3n) is 5.43. The van der Waals surface area contributed by atoms with Crippen molar-refractivity contribution in [3.05, 3.63) is 94.8 Å². The first-order valence-corrected chi connectivity index (χ1v) is 9.31. The molecule has 134 valence electrons. The Balaban J connectivity index is 1.79. The Morgan fingerprint density at radius 1 is 0.593 bits per heavy atom. The van der Waals surface area contributed by atoms with Crippen LogP contribution in [0.15, 0.2) is 66.7 Å². The molecule has 0 heterocycles. The molecular weight excluding hydrogens is 331 g/mol. The van der Waals surface area contributed by atoms with Gasteiger partial charge in [-0.25, -0.2) is 4.39 Å². The fraction of sp³-hybridized carbons (Fsp3) is 0.154. The third-order valence-corrected chi connectivity index (χ3v) is 5.43. The fourth-order valence-electron chi connectivity index (χ4n) is 3.81. The minimum absolute atomic E-state index is 0.103. The largest absolute Gasteiger partial charge is 0.206 e. The van der Waals surface area contributed by atoms with E-state index in [1.807, 2.05) is 26.0 Å². The highest BCUT2D eigenvalue weighted by Crippen LogP contribution is 2.32. The average Bonchev–Trinajstić information content (AvgIpc) is 2.66. The lowest BCUT2D eigenvalue weighted by molar-refractivity contribution is 0.612. The minimum Gasteiger partial charge on any atom is -0.206 e. The van der Waals surface area contributed by atoms with Gasteiger partial charge in [-0.05, 0) is 89.5 Å². The number of hydrogen-bond acceptors (Lipinski definition) is 0. The van der Waals surface area contributed by atoms with Crippen LogP contribution in [-0.4, -0.2) is 0 Å². The zero-order valence-corrected chi connectivity index (χ0v) is 16.2. The second kappa shape index (κ2) is 6.66. The maximum absolute atomic E-state index is 14.2. The Morgan fingerprint density at radius 2 is 1.26 bits per heavy atom. The molecule has 4 aromatic carbocycles. The van der Waals surface area contributed by atoms with Gasteiger partial charge in [0.25, 0.3) is 0 Å². The summed E-state index contributed by atoms with van der Waals surface area (Å²) < 4.78 is 14.2. The number of hydrogen-bond donors (Lipinski definition) is 0.